The lowest BCUT2D eigenvalue weighted by molar-refractivity contribution is 0.357. The molecule has 0 aliphatic carbocycles. The smallest absolute Gasteiger partial charge is 0.122 e. The average molecular weight is 307 g/mol. The van der Waals surface area contributed by atoms with Gasteiger partial charge in [0.15, 0.2) is 0 Å². The van der Waals surface area contributed by atoms with E-state index in [0.717, 1.165) is 37.8 Å². The van der Waals surface area contributed by atoms with E-state index in [1.807, 2.05) is 12.4 Å². The number of nitrogens with one attached hydrogen (secondary N) is 1. The van der Waals surface area contributed by atoms with E-state index in [1.165, 1.54) is 35.3 Å². The van der Waals surface area contributed by atoms with Gasteiger partial charge < -0.3 is 15.0 Å². The second-order valence-electron chi connectivity index (χ2n) is 6.96. The maximum atomic E-state index is 5.61. The van der Waals surface area contributed by atoms with Gasteiger partial charge in [0.25, 0.3) is 0 Å². The van der Waals surface area contributed by atoms with Crippen LogP contribution >= 0.6 is 0 Å². The zero-order chi connectivity index (χ0) is 15.2. The Morgan fingerprint density at radius 3 is 3.09 bits per heavy atom. The first-order valence-corrected chi connectivity index (χ1v) is 8.55. The van der Waals surface area contributed by atoms with Gasteiger partial charge >= 0.3 is 0 Å². The number of hydrogen-bond acceptors (Lipinski definition) is 4. The molecule has 1 N–H and O–H groups in total. The highest BCUT2D eigenvalue weighted by Crippen LogP contribution is 2.32. The predicted octanol–water partition coefficient (Wildman–Crippen LogP) is 2.48. The van der Waals surface area contributed by atoms with Gasteiger partial charge in [-0.2, -0.15) is 0 Å². The summed E-state index contributed by atoms with van der Waals surface area (Å²) >= 11 is 0. The van der Waals surface area contributed by atoms with Crippen LogP contribution in [0.25, 0.3) is 11.1 Å². The molecule has 2 bridgehead atoms. The van der Waals surface area contributed by atoms with Gasteiger partial charge in [-0.1, -0.05) is 6.07 Å². The highest BCUT2D eigenvalue weighted by atomic mass is 16.5. The highest BCUT2D eigenvalue weighted by molar-refractivity contribution is 5.69. The van der Waals surface area contributed by atoms with Gasteiger partial charge in [-0.25, -0.2) is 0 Å². The Morgan fingerprint density at radius 2 is 2.13 bits per heavy atom. The van der Waals surface area contributed by atoms with Crippen molar-refractivity contribution in [3.05, 3.63) is 42.2 Å². The number of fused-ring (bicyclic) bond motifs is 3. The molecule has 0 radical (unpaired) electrons. The molecule has 3 aliphatic rings. The molecule has 4 heteroatoms. The first-order chi connectivity index (χ1) is 11.3. The molecule has 4 nitrogen and oxygen atoms in total. The van der Waals surface area contributed by atoms with E-state index in [-0.39, 0.29) is 0 Å². The molecule has 2 aromatic rings. The third-order valence-electron chi connectivity index (χ3n) is 5.34. The van der Waals surface area contributed by atoms with Gasteiger partial charge in [0.05, 0.1) is 18.5 Å². The van der Waals surface area contributed by atoms with Crippen LogP contribution in [-0.2, 0) is 6.42 Å². The van der Waals surface area contributed by atoms with Crippen molar-refractivity contribution in [3.8, 4) is 16.9 Å². The Hall–Kier alpha value is -2.07. The van der Waals surface area contributed by atoms with Crippen molar-refractivity contribution in [3.63, 3.8) is 0 Å². The number of rotatable bonds is 2. The summed E-state index contributed by atoms with van der Waals surface area (Å²) < 4.78 is 5.61. The molecule has 2 saturated heterocycles. The van der Waals surface area contributed by atoms with E-state index in [1.54, 1.807) is 0 Å². The van der Waals surface area contributed by atoms with Crippen molar-refractivity contribution < 1.29 is 4.74 Å². The summed E-state index contributed by atoms with van der Waals surface area (Å²) in [5.41, 5.74) is 5.00. The second kappa shape index (κ2) is 5.24. The van der Waals surface area contributed by atoms with E-state index in [4.69, 9.17) is 4.74 Å². The fourth-order valence-corrected chi connectivity index (χ4v) is 4.17. The van der Waals surface area contributed by atoms with Crippen molar-refractivity contribution in [2.45, 2.75) is 18.9 Å². The summed E-state index contributed by atoms with van der Waals surface area (Å²) in [5.74, 6) is 1.83. The summed E-state index contributed by atoms with van der Waals surface area (Å²) in [7, 11) is 0. The van der Waals surface area contributed by atoms with Gasteiger partial charge in [0.1, 0.15) is 5.75 Å². The first-order valence-electron chi connectivity index (χ1n) is 8.55. The van der Waals surface area contributed by atoms with Gasteiger partial charge in [-0.3, -0.25) is 4.98 Å². The topological polar surface area (TPSA) is 37.4 Å². The quantitative estimate of drug-likeness (QED) is 0.925. The van der Waals surface area contributed by atoms with Crippen LogP contribution < -0.4 is 15.0 Å². The minimum Gasteiger partial charge on any atom is -0.493 e. The number of ether oxygens (including phenoxy) is 1. The summed E-state index contributed by atoms with van der Waals surface area (Å²) in [6.45, 7) is 4.21. The molecule has 2 unspecified atom stereocenters. The van der Waals surface area contributed by atoms with Crippen LogP contribution in [0.4, 0.5) is 5.69 Å². The molecule has 0 saturated carbocycles. The maximum Gasteiger partial charge on any atom is 0.122 e. The molecule has 5 rings (SSSR count). The second-order valence-corrected chi connectivity index (χ2v) is 6.96. The van der Waals surface area contributed by atoms with Gasteiger partial charge in [-0.15, -0.1) is 0 Å². The fourth-order valence-electron chi connectivity index (χ4n) is 4.17. The zero-order valence-corrected chi connectivity index (χ0v) is 13.2. The summed E-state index contributed by atoms with van der Waals surface area (Å²) in [5, 5.41) is 3.62. The van der Waals surface area contributed by atoms with E-state index in [9.17, 15) is 0 Å². The fraction of sp³-hybridized carbons (Fsp3) is 0.421. The van der Waals surface area contributed by atoms with Crippen LogP contribution in [0.5, 0.6) is 5.75 Å². The Labute approximate surface area is 136 Å². The van der Waals surface area contributed by atoms with Crippen molar-refractivity contribution in [2.24, 2.45) is 5.92 Å². The Bertz CT molecular complexity index is 733. The van der Waals surface area contributed by atoms with Crippen LogP contribution in [0.15, 0.2) is 36.7 Å². The molecule has 2 atom stereocenters. The highest BCUT2D eigenvalue weighted by Gasteiger charge is 2.32. The molecule has 1 aromatic carbocycles. The first kappa shape index (κ1) is 13.4. The van der Waals surface area contributed by atoms with Gasteiger partial charge in [-0.05, 0) is 41.7 Å². The van der Waals surface area contributed by atoms with E-state index in [0.29, 0.717) is 6.04 Å². The van der Waals surface area contributed by atoms with Crippen molar-refractivity contribution in [1.29, 1.82) is 0 Å². The van der Waals surface area contributed by atoms with Crippen LogP contribution in [-0.4, -0.2) is 37.3 Å². The number of aromatic nitrogens is 1. The molecule has 3 aliphatic heterocycles. The van der Waals surface area contributed by atoms with Crippen LogP contribution in [0.2, 0.25) is 0 Å². The number of piperidine rings is 1. The van der Waals surface area contributed by atoms with Gasteiger partial charge in [0.2, 0.25) is 0 Å². The number of pyridine rings is 1. The SMILES string of the molecule is c1cc2c(cc1-c1cncc(N3CC4CNC(C4)C3)c1)CCO2. The minimum atomic E-state index is 0.648. The van der Waals surface area contributed by atoms with Gasteiger partial charge in [0, 0.05) is 43.9 Å². The molecule has 2 fully saturated rings. The normalized spacial score (nSPS) is 25.3. The summed E-state index contributed by atoms with van der Waals surface area (Å²) in [4.78, 5) is 7.00. The van der Waals surface area contributed by atoms with E-state index < -0.39 is 0 Å². The van der Waals surface area contributed by atoms with Crippen LogP contribution in [0.3, 0.4) is 0 Å². The maximum absolute atomic E-state index is 5.61. The zero-order valence-electron chi connectivity index (χ0n) is 13.2. The van der Waals surface area contributed by atoms with Crippen molar-refractivity contribution in [2.75, 3.05) is 31.1 Å². The summed E-state index contributed by atoms with van der Waals surface area (Å²) in [6, 6.07) is 9.43. The molecular weight excluding hydrogens is 286 g/mol. The van der Waals surface area contributed by atoms with Crippen molar-refractivity contribution >= 4 is 5.69 Å². The standard InChI is InChI=1S/C19H21N3O/c1-2-19-15(3-4-23-19)6-14(1)16-7-18(10-20-9-16)22-11-13-5-17(12-22)21-8-13/h1-2,6-7,9-10,13,17,21H,3-5,8,11-12H2. The number of anilines is 1. The van der Waals surface area contributed by atoms with Crippen molar-refractivity contribution in [1.82, 2.24) is 10.3 Å². The van der Waals surface area contributed by atoms with E-state index in [2.05, 4.69) is 39.5 Å². The largest absolute Gasteiger partial charge is 0.493 e. The lowest BCUT2D eigenvalue weighted by Crippen LogP contribution is -2.41. The Kier molecular flexibility index (Phi) is 3.05. The predicted molar refractivity (Wildman–Crippen MR) is 91.0 cm³/mol. The Morgan fingerprint density at radius 1 is 1.13 bits per heavy atom. The minimum absolute atomic E-state index is 0.648. The van der Waals surface area contributed by atoms with E-state index >= 15 is 0 Å². The summed E-state index contributed by atoms with van der Waals surface area (Å²) in [6.07, 6.45) is 6.31. The molecule has 4 heterocycles. The molecule has 0 amide bonds. The molecule has 118 valence electrons. The van der Waals surface area contributed by atoms with Crippen LogP contribution in [0, 0.1) is 5.92 Å². The molecule has 23 heavy (non-hydrogen) atoms. The lowest BCUT2D eigenvalue weighted by atomic mass is 9.99. The monoisotopic (exact) mass is 307 g/mol. The molecular formula is C19H21N3O. The lowest BCUT2D eigenvalue weighted by Gasteiger charge is -2.32. The number of hydrogen-bond donors (Lipinski definition) is 1. The molecule has 0 spiro atoms. The number of nitrogens with zero attached hydrogens (tertiary/aromatic N) is 2. The third kappa shape index (κ3) is 2.38. The average Bonchev–Trinajstić information content (AvgIpc) is 3.20. The third-order valence-corrected chi connectivity index (χ3v) is 5.34. The molecule has 1 aromatic heterocycles. The Balaban J connectivity index is 1.46. The van der Waals surface area contributed by atoms with Crippen LogP contribution in [0.1, 0.15) is 12.0 Å². The number of benzene rings is 1.